The van der Waals surface area contributed by atoms with Gasteiger partial charge in [-0.3, -0.25) is 14.4 Å². The Morgan fingerprint density at radius 2 is 1.42 bits per heavy atom. The van der Waals surface area contributed by atoms with Crippen molar-refractivity contribution in [2.24, 2.45) is 0 Å². The molecule has 0 aliphatic rings. The van der Waals surface area contributed by atoms with E-state index in [0.29, 0.717) is 22.6 Å². The number of benzene rings is 3. The van der Waals surface area contributed by atoms with Gasteiger partial charge < -0.3 is 19.5 Å². The molecule has 1 unspecified atom stereocenters. The Morgan fingerprint density at radius 1 is 0.788 bits per heavy atom. The Balaban J connectivity index is 1.61. The van der Waals surface area contributed by atoms with Crippen molar-refractivity contribution in [2.75, 3.05) is 20.3 Å². The van der Waals surface area contributed by atoms with Crippen LogP contribution < -0.4 is 14.8 Å². The first-order chi connectivity index (χ1) is 16.0. The number of ether oxygens (including phenoxy) is 3. The van der Waals surface area contributed by atoms with Gasteiger partial charge in [0.15, 0.2) is 19.0 Å². The molecule has 3 aromatic rings. The first-order valence-electron chi connectivity index (χ1n) is 10.4. The van der Waals surface area contributed by atoms with E-state index in [0.717, 1.165) is 0 Å². The standard InChI is InChI=1S/C26H25NO6/c1-31-21-14-12-19(13-15-21)23(27-25(29)18-32-22-10-6-3-7-11-22)16-26(30)33-17-24(28)20-8-4-2-5-9-20/h2-15,23H,16-18H2,1H3,(H,27,29). The minimum Gasteiger partial charge on any atom is -0.497 e. The van der Waals surface area contributed by atoms with Gasteiger partial charge in [-0.15, -0.1) is 0 Å². The number of hydrogen-bond acceptors (Lipinski definition) is 6. The molecule has 0 radical (unpaired) electrons. The molecule has 0 fully saturated rings. The predicted octanol–water partition coefficient (Wildman–Crippen LogP) is 3.75. The second-order valence-corrected chi connectivity index (χ2v) is 7.15. The second kappa shape index (κ2) is 12.0. The first kappa shape index (κ1) is 23.5. The smallest absolute Gasteiger partial charge is 0.308 e. The first-order valence-corrected chi connectivity index (χ1v) is 10.4. The van der Waals surface area contributed by atoms with Crippen LogP contribution in [0.5, 0.6) is 11.5 Å². The van der Waals surface area contributed by atoms with Gasteiger partial charge in [0, 0.05) is 5.56 Å². The fourth-order valence-corrected chi connectivity index (χ4v) is 3.07. The van der Waals surface area contributed by atoms with Crippen LogP contribution in [0.4, 0.5) is 0 Å². The summed E-state index contributed by atoms with van der Waals surface area (Å²) < 4.78 is 15.8. The largest absolute Gasteiger partial charge is 0.497 e. The van der Waals surface area contributed by atoms with Gasteiger partial charge in [0.1, 0.15) is 11.5 Å². The number of amides is 1. The molecule has 3 aromatic carbocycles. The molecule has 7 nitrogen and oxygen atoms in total. The fourth-order valence-electron chi connectivity index (χ4n) is 3.07. The molecule has 7 heteroatoms. The molecular weight excluding hydrogens is 422 g/mol. The third kappa shape index (κ3) is 7.50. The second-order valence-electron chi connectivity index (χ2n) is 7.15. The van der Waals surface area contributed by atoms with Crippen molar-refractivity contribution in [3.05, 3.63) is 96.1 Å². The quantitative estimate of drug-likeness (QED) is 0.356. The average molecular weight is 447 g/mol. The molecule has 0 bridgehead atoms. The minimum absolute atomic E-state index is 0.147. The van der Waals surface area contributed by atoms with Gasteiger partial charge in [-0.1, -0.05) is 60.7 Å². The van der Waals surface area contributed by atoms with E-state index in [-0.39, 0.29) is 25.4 Å². The normalized spacial score (nSPS) is 11.2. The lowest BCUT2D eigenvalue weighted by molar-refractivity contribution is -0.143. The highest BCUT2D eigenvalue weighted by atomic mass is 16.5. The summed E-state index contributed by atoms with van der Waals surface area (Å²) in [5.41, 5.74) is 1.15. The Bertz CT molecular complexity index is 1050. The Morgan fingerprint density at radius 3 is 2.06 bits per heavy atom. The van der Waals surface area contributed by atoms with Crippen LogP contribution in [0.2, 0.25) is 0 Å². The highest BCUT2D eigenvalue weighted by molar-refractivity contribution is 5.97. The maximum atomic E-state index is 12.5. The molecule has 170 valence electrons. The van der Waals surface area contributed by atoms with E-state index in [1.54, 1.807) is 86.0 Å². The summed E-state index contributed by atoms with van der Waals surface area (Å²) in [6.45, 7) is -0.582. The van der Waals surface area contributed by atoms with E-state index >= 15 is 0 Å². The number of methoxy groups -OCH3 is 1. The molecule has 1 N–H and O–H groups in total. The van der Waals surface area contributed by atoms with Crippen LogP contribution in [0.15, 0.2) is 84.9 Å². The molecule has 33 heavy (non-hydrogen) atoms. The van der Waals surface area contributed by atoms with E-state index in [9.17, 15) is 14.4 Å². The lowest BCUT2D eigenvalue weighted by Gasteiger charge is -2.19. The van der Waals surface area contributed by atoms with Gasteiger partial charge in [0.25, 0.3) is 5.91 Å². The molecule has 0 aliphatic heterocycles. The monoisotopic (exact) mass is 447 g/mol. The van der Waals surface area contributed by atoms with E-state index in [4.69, 9.17) is 14.2 Å². The summed E-state index contributed by atoms with van der Waals surface area (Å²) in [7, 11) is 1.55. The summed E-state index contributed by atoms with van der Waals surface area (Å²) in [5.74, 6) is -0.0952. The van der Waals surface area contributed by atoms with Crippen molar-refractivity contribution in [3.8, 4) is 11.5 Å². The number of nitrogens with one attached hydrogen (secondary N) is 1. The van der Waals surface area contributed by atoms with Crippen LogP contribution in [0.1, 0.15) is 28.4 Å². The van der Waals surface area contributed by atoms with Crippen LogP contribution in [0.3, 0.4) is 0 Å². The lowest BCUT2D eigenvalue weighted by atomic mass is 10.0. The summed E-state index contributed by atoms with van der Waals surface area (Å²) >= 11 is 0. The van der Waals surface area contributed by atoms with E-state index in [1.807, 2.05) is 6.07 Å². The molecule has 0 aliphatic carbocycles. The number of esters is 1. The summed E-state index contributed by atoms with van der Waals surface area (Å²) in [5, 5.41) is 2.80. The highest BCUT2D eigenvalue weighted by Crippen LogP contribution is 2.21. The summed E-state index contributed by atoms with van der Waals surface area (Å²) in [6, 6.07) is 23.9. The van der Waals surface area contributed by atoms with Crippen molar-refractivity contribution in [1.29, 1.82) is 0 Å². The van der Waals surface area contributed by atoms with Crippen molar-refractivity contribution in [2.45, 2.75) is 12.5 Å². The molecule has 3 rings (SSSR count). The van der Waals surface area contributed by atoms with Gasteiger partial charge in [0.05, 0.1) is 19.6 Å². The maximum Gasteiger partial charge on any atom is 0.308 e. The van der Waals surface area contributed by atoms with Crippen LogP contribution in [-0.4, -0.2) is 38.0 Å². The topological polar surface area (TPSA) is 90.9 Å². The van der Waals surface area contributed by atoms with Gasteiger partial charge in [-0.05, 0) is 29.8 Å². The third-order valence-corrected chi connectivity index (χ3v) is 4.80. The van der Waals surface area contributed by atoms with Crippen LogP contribution in [0, 0.1) is 0 Å². The molecule has 0 aromatic heterocycles. The number of rotatable bonds is 11. The van der Waals surface area contributed by atoms with Gasteiger partial charge in [0.2, 0.25) is 0 Å². The summed E-state index contributed by atoms with van der Waals surface area (Å²) in [6.07, 6.45) is -0.147. The van der Waals surface area contributed by atoms with Gasteiger partial charge >= 0.3 is 5.97 Å². The van der Waals surface area contributed by atoms with Gasteiger partial charge in [-0.2, -0.15) is 0 Å². The zero-order chi connectivity index (χ0) is 23.5. The Kier molecular flexibility index (Phi) is 8.59. The van der Waals surface area contributed by atoms with Crippen molar-refractivity contribution < 1.29 is 28.6 Å². The number of Topliss-reactive ketones (excluding diaryl/α,β-unsaturated/α-hetero) is 1. The van der Waals surface area contributed by atoms with Crippen molar-refractivity contribution in [1.82, 2.24) is 5.32 Å². The zero-order valence-corrected chi connectivity index (χ0v) is 18.2. The molecular formula is C26H25NO6. The number of hydrogen-bond donors (Lipinski definition) is 1. The lowest BCUT2D eigenvalue weighted by Crippen LogP contribution is -2.34. The Labute approximate surface area is 192 Å². The number of para-hydroxylation sites is 1. The zero-order valence-electron chi connectivity index (χ0n) is 18.2. The van der Waals surface area contributed by atoms with Crippen LogP contribution in [-0.2, 0) is 14.3 Å². The van der Waals surface area contributed by atoms with Crippen LogP contribution >= 0.6 is 0 Å². The van der Waals surface area contributed by atoms with E-state index in [1.165, 1.54) is 0 Å². The SMILES string of the molecule is COc1ccc(C(CC(=O)OCC(=O)c2ccccc2)NC(=O)COc2ccccc2)cc1. The van der Waals surface area contributed by atoms with Gasteiger partial charge in [-0.25, -0.2) is 0 Å². The van der Waals surface area contributed by atoms with Crippen molar-refractivity contribution >= 4 is 17.7 Å². The molecule has 0 spiro atoms. The predicted molar refractivity (Wildman–Crippen MR) is 122 cm³/mol. The molecule has 0 saturated carbocycles. The van der Waals surface area contributed by atoms with Crippen molar-refractivity contribution in [3.63, 3.8) is 0 Å². The minimum atomic E-state index is -0.665. The number of carbonyl (C=O) groups is 3. The van der Waals surface area contributed by atoms with E-state index in [2.05, 4.69) is 5.32 Å². The highest BCUT2D eigenvalue weighted by Gasteiger charge is 2.21. The average Bonchev–Trinajstić information content (AvgIpc) is 2.87. The third-order valence-electron chi connectivity index (χ3n) is 4.80. The summed E-state index contributed by atoms with van der Waals surface area (Å²) in [4.78, 5) is 37.1. The Hall–Kier alpha value is -4.13. The number of ketones is 1. The molecule has 0 heterocycles. The van der Waals surface area contributed by atoms with Crippen LogP contribution in [0.25, 0.3) is 0 Å². The molecule has 0 saturated heterocycles. The molecule has 1 amide bonds. The number of carbonyl (C=O) groups excluding carboxylic acids is 3. The molecule has 1 atom stereocenters. The van der Waals surface area contributed by atoms with E-state index < -0.39 is 17.9 Å². The maximum absolute atomic E-state index is 12.5. The fraction of sp³-hybridized carbons (Fsp3) is 0.192.